The summed E-state index contributed by atoms with van der Waals surface area (Å²) in [5, 5.41) is 13.4. The van der Waals surface area contributed by atoms with Gasteiger partial charge in [-0.3, -0.25) is 19.7 Å². The zero-order valence-electron chi connectivity index (χ0n) is 14.8. The first-order valence-corrected chi connectivity index (χ1v) is 9.68. The van der Waals surface area contributed by atoms with Gasteiger partial charge in [0.2, 0.25) is 0 Å². The number of nitrogens with one attached hydrogen (secondary N) is 1. The van der Waals surface area contributed by atoms with Gasteiger partial charge in [0, 0.05) is 12.1 Å². The number of carbonyl (C=O) groups is 2. The summed E-state index contributed by atoms with van der Waals surface area (Å²) < 4.78 is 5.91. The van der Waals surface area contributed by atoms with Crippen molar-refractivity contribution in [1.82, 2.24) is 5.32 Å². The van der Waals surface area contributed by atoms with Crippen LogP contribution in [0.4, 0.5) is 11.4 Å². The summed E-state index contributed by atoms with van der Waals surface area (Å²) in [5.41, 5.74) is 2.02. The minimum absolute atomic E-state index is 0.0124. The fourth-order valence-corrected chi connectivity index (χ4v) is 4.00. The number of nitrogens with zero attached hydrogens (tertiary/aromatic N) is 2. The average molecular weight is 427 g/mol. The number of anilines is 1. The number of fused-ring (bicyclic) bond motifs is 1. The molecule has 2 aromatic rings. The Kier molecular flexibility index (Phi) is 5.03. The minimum Gasteiger partial charge on any atom is -0.482 e. The van der Waals surface area contributed by atoms with E-state index in [0.29, 0.717) is 20.7 Å². The number of rotatable bonds is 4. The Morgan fingerprint density at radius 2 is 2.00 bits per heavy atom. The van der Waals surface area contributed by atoms with E-state index >= 15 is 0 Å². The molecule has 0 bridgehead atoms. The lowest BCUT2D eigenvalue weighted by Gasteiger charge is -2.29. The zero-order valence-corrected chi connectivity index (χ0v) is 16.4. The molecule has 8 nitrogen and oxygen atoms in total. The minimum atomic E-state index is -0.471. The molecule has 0 saturated carbocycles. The Labute approximate surface area is 174 Å². The average Bonchev–Trinajstić information content (AvgIpc) is 3.01. The predicted octanol–water partition coefficient (Wildman–Crippen LogP) is 3.01. The topological polar surface area (TPSA) is 102 Å². The zero-order chi connectivity index (χ0) is 20.5. The van der Waals surface area contributed by atoms with E-state index in [0.717, 1.165) is 11.1 Å². The van der Waals surface area contributed by atoms with Gasteiger partial charge in [-0.05, 0) is 29.3 Å². The van der Waals surface area contributed by atoms with Crippen molar-refractivity contribution in [3.8, 4) is 5.75 Å². The molecular formula is C19H13N3O5S2. The standard InChI is InChI=1S/C19H13N3O5S2/c23-17-10-27-15-6-3-12(8-16-18(24)20-19(28)29-16)7-14(15)21(17)9-11-1-4-13(5-2-11)22(25)26/h1-8H,9-10H2,(H,20,24,28). The Morgan fingerprint density at radius 1 is 1.24 bits per heavy atom. The highest BCUT2D eigenvalue weighted by Crippen LogP contribution is 2.35. The van der Waals surface area contributed by atoms with E-state index in [9.17, 15) is 19.7 Å². The lowest BCUT2D eigenvalue weighted by molar-refractivity contribution is -0.384. The lowest BCUT2D eigenvalue weighted by Crippen LogP contribution is -2.38. The van der Waals surface area contributed by atoms with Crippen molar-refractivity contribution < 1.29 is 19.2 Å². The predicted molar refractivity (Wildman–Crippen MR) is 113 cm³/mol. The van der Waals surface area contributed by atoms with E-state index in [4.69, 9.17) is 17.0 Å². The molecule has 2 aliphatic heterocycles. The third-order valence-electron chi connectivity index (χ3n) is 4.35. The summed E-state index contributed by atoms with van der Waals surface area (Å²) in [7, 11) is 0. The first-order chi connectivity index (χ1) is 13.9. The molecule has 0 aliphatic carbocycles. The molecular weight excluding hydrogens is 414 g/mol. The normalized spacial score (nSPS) is 17.2. The number of hydrogen-bond acceptors (Lipinski definition) is 7. The summed E-state index contributed by atoms with van der Waals surface area (Å²) >= 11 is 6.17. The highest BCUT2D eigenvalue weighted by Gasteiger charge is 2.27. The van der Waals surface area contributed by atoms with Crippen molar-refractivity contribution in [2.75, 3.05) is 11.5 Å². The summed E-state index contributed by atoms with van der Waals surface area (Å²) in [6, 6.07) is 11.3. The maximum atomic E-state index is 12.5. The number of ether oxygens (including phenoxy) is 1. The van der Waals surface area contributed by atoms with E-state index in [2.05, 4.69) is 5.32 Å². The molecule has 1 N–H and O–H groups in total. The van der Waals surface area contributed by atoms with Gasteiger partial charge in [-0.2, -0.15) is 0 Å². The van der Waals surface area contributed by atoms with Gasteiger partial charge in [-0.15, -0.1) is 0 Å². The van der Waals surface area contributed by atoms with Gasteiger partial charge in [-0.25, -0.2) is 0 Å². The number of nitro benzene ring substituents is 1. The van der Waals surface area contributed by atoms with E-state index in [1.807, 2.05) is 0 Å². The molecule has 0 atom stereocenters. The Bertz CT molecular complexity index is 1080. The second-order valence-corrected chi connectivity index (χ2v) is 7.99. The molecule has 0 radical (unpaired) electrons. The molecule has 0 spiro atoms. The Balaban J connectivity index is 1.64. The second kappa shape index (κ2) is 7.64. The number of hydrogen-bond donors (Lipinski definition) is 1. The van der Waals surface area contributed by atoms with Crippen molar-refractivity contribution in [1.29, 1.82) is 0 Å². The van der Waals surface area contributed by atoms with Crippen molar-refractivity contribution in [2.45, 2.75) is 6.54 Å². The molecule has 146 valence electrons. The van der Waals surface area contributed by atoms with Crippen LogP contribution in [0.15, 0.2) is 47.4 Å². The van der Waals surface area contributed by atoms with Crippen LogP contribution in [0.3, 0.4) is 0 Å². The van der Waals surface area contributed by atoms with Crippen LogP contribution in [0.25, 0.3) is 6.08 Å². The van der Waals surface area contributed by atoms with Crippen molar-refractivity contribution in [3.63, 3.8) is 0 Å². The first kappa shape index (κ1) is 19.1. The maximum Gasteiger partial charge on any atom is 0.269 e. The molecule has 29 heavy (non-hydrogen) atoms. The Hall–Kier alpha value is -3.24. The van der Waals surface area contributed by atoms with Gasteiger partial charge < -0.3 is 15.0 Å². The summed E-state index contributed by atoms with van der Waals surface area (Å²) in [4.78, 5) is 36.8. The largest absolute Gasteiger partial charge is 0.482 e. The molecule has 2 aromatic carbocycles. The van der Waals surface area contributed by atoms with E-state index in [1.165, 1.54) is 23.9 Å². The van der Waals surface area contributed by atoms with Gasteiger partial charge in [0.05, 0.1) is 22.1 Å². The molecule has 0 unspecified atom stereocenters. The number of amides is 2. The number of carbonyl (C=O) groups excluding carboxylic acids is 2. The maximum absolute atomic E-state index is 12.5. The van der Waals surface area contributed by atoms with Crippen LogP contribution in [-0.2, 0) is 16.1 Å². The van der Waals surface area contributed by atoms with Crippen LogP contribution >= 0.6 is 24.0 Å². The van der Waals surface area contributed by atoms with Crippen molar-refractivity contribution in [3.05, 3.63) is 68.6 Å². The van der Waals surface area contributed by atoms with Crippen LogP contribution in [0.5, 0.6) is 5.75 Å². The van der Waals surface area contributed by atoms with Crippen molar-refractivity contribution in [2.24, 2.45) is 0 Å². The van der Waals surface area contributed by atoms with E-state index < -0.39 is 4.92 Å². The third-order valence-corrected chi connectivity index (χ3v) is 5.52. The number of benzene rings is 2. The lowest BCUT2D eigenvalue weighted by atomic mass is 10.1. The van der Waals surface area contributed by atoms with Gasteiger partial charge in [-0.1, -0.05) is 42.2 Å². The van der Waals surface area contributed by atoms with Crippen LogP contribution < -0.4 is 15.0 Å². The highest BCUT2D eigenvalue weighted by molar-refractivity contribution is 8.26. The second-order valence-electron chi connectivity index (χ2n) is 6.27. The molecule has 2 aliphatic rings. The number of thiocarbonyl (C=S) groups is 1. The highest BCUT2D eigenvalue weighted by atomic mass is 32.2. The quantitative estimate of drug-likeness (QED) is 0.346. The number of thioether (sulfide) groups is 1. The smallest absolute Gasteiger partial charge is 0.269 e. The molecule has 1 fully saturated rings. The van der Waals surface area contributed by atoms with Crippen LogP contribution in [0, 0.1) is 10.1 Å². The summed E-state index contributed by atoms with van der Waals surface area (Å²) in [5.74, 6) is 0.0651. The van der Waals surface area contributed by atoms with Gasteiger partial charge in [0.15, 0.2) is 6.61 Å². The number of nitro groups is 1. The van der Waals surface area contributed by atoms with Gasteiger partial charge >= 0.3 is 0 Å². The molecule has 0 aromatic heterocycles. The third kappa shape index (κ3) is 3.98. The fraction of sp³-hybridized carbons (Fsp3) is 0.105. The molecule has 10 heteroatoms. The molecule has 4 rings (SSSR count). The summed E-state index contributed by atoms with van der Waals surface area (Å²) in [6.07, 6.45) is 1.70. The van der Waals surface area contributed by atoms with Crippen LogP contribution in [0.2, 0.25) is 0 Å². The first-order valence-electron chi connectivity index (χ1n) is 8.46. The molecule has 2 heterocycles. The Morgan fingerprint density at radius 3 is 2.66 bits per heavy atom. The van der Waals surface area contributed by atoms with Crippen LogP contribution in [0.1, 0.15) is 11.1 Å². The van der Waals surface area contributed by atoms with E-state index in [-0.39, 0.29) is 30.7 Å². The molecule has 2 amide bonds. The SMILES string of the molecule is O=C1NC(=S)SC1=Cc1ccc2c(c1)N(Cc1ccc([N+](=O)[O-])cc1)C(=O)CO2. The van der Waals surface area contributed by atoms with Gasteiger partial charge in [0.1, 0.15) is 10.1 Å². The van der Waals surface area contributed by atoms with Crippen LogP contribution in [-0.4, -0.2) is 27.7 Å². The fourth-order valence-electron chi connectivity index (χ4n) is 2.96. The monoisotopic (exact) mass is 427 g/mol. The van der Waals surface area contributed by atoms with E-state index in [1.54, 1.807) is 41.3 Å². The summed E-state index contributed by atoms with van der Waals surface area (Å²) in [6.45, 7) is 0.152. The van der Waals surface area contributed by atoms with Crippen molar-refractivity contribution >= 4 is 57.6 Å². The number of non-ortho nitro benzene ring substituents is 1. The van der Waals surface area contributed by atoms with Gasteiger partial charge in [0.25, 0.3) is 17.5 Å². The molecule has 1 saturated heterocycles.